The number of thiazole rings is 1. The first-order valence-corrected chi connectivity index (χ1v) is 14.2. The van der Waals surface area contributed by atoms with E-state index in [9.17, 15) is 17.6 Å². The van der Waals surface area contributed by atoms with Gasteiger partial charge in [0.15, 0.2) is 15.0 Å². The molecule has 11 heteroatoms. The summed E-state index contributed by atoms with van der Waals surface area (Å²) >= 11 is 7.70. The maximum Gasteiger partial charge on any atom is 0.229 e. The molecule has 0 unspecified atom stereocenters. The number of hydrogen-bond donors (Lipinski definition) is 0. The minimum atomic E-state index is -3.74. The third kappa shape index (κ3) is 6.37. The number of aryl methyl sites for hydroxylation is 1. The van der Waals surface area contributed by atoms with Gasteiger partial charge in [0.2, 0.25) is 5.91 Å². The van der Waals surface area contributed by atoms with E-state index in [-0.39, 0.29) is 23.0 Å². The quantitative estimate of drug-likeness (QED) is 0.377. The van der Waals surface area contributed by atoms with Crippen LogP contribution in [-0.4, -0.2) is 69.4 Å². The lowest BCUT2D eigenvalue weighted by atomic mass is 10.2. The number of ether oxygens (including phenoxy) is 1. The normalized spacial score (nSPS) is 14.9. The summed E-state index contributed by atoms with van der Waals surface area (Å²) in [5.41, 5.74) is 1.69. The molecule has 0 spiro atoms. The Morgan fingerprint density at radius 1 is 1.20 bits per heavy atom. The summed E-state index contributed by atoms with van der Waals surface area (Å²) in [4.78, 5) is 21.8. The summed E-state index contributed by atoms with van der Waals surface area (Å²) in [6.07, 6.45) is 0.499. The van der Waals surface area contributed by atoms with Crippen LogP contribution in [0.1, 0.15) is 18.4 Å². The second kappa shape index (κ2) is 11.3. The number of halogens is 2. The van der Waals surface area contributed by atoms with Crippen LogP contribution in [-0.2, 0) is 19.4 Å². The molecule has 188 valence electrons. The average molecular weight is 540 g/mol. The van der Waals surface area contributed by atoms with Crippen molar-refractivity contribution < 1.29 is 22.3 Å². The monoisotopic (exact) mass is 539 g/mol. The third-order valence-corrected chi connectivity index (χ3v) is 9.21. The SMILES string of the molecule is Cc1ccc(Cl)c2sc(N(CCCN3CCOCC3)C(=O)CCS(=O)(=O)c3ccc(F)cc3)nc12. The van der Waals surface area contributed by atoms with E-state index in [1.165, 1.54) is 23.5 Å². The van der Waals surface area contributed by atoms with Crippen LogP contribution in [0.5, 0.6) is 0 Å². The number of aromatic nitrogens is 1. The standard InChI is InChI=1S/C24H27ClFN3O4S2/c1-17-3-8-20(25)23-22(17)27-24(34-23)29(11-2-10-28-12-14-33-15-13-28)21(30)9-16-35(31,32)19-6-4-18(26)5-7-19/h3-8H,2,9-16H2,1H3. The summed E-state index contributed by atoms with van der Waals surface area (Å²) in [7, 11) is -3.74. The Labute approximate surface area is 213 Å². The molecular formula is C24H27ClFN3O4S2. The first kappa shape index (κ1) is 26.0. The fraction of sp³-hybridized carbons (Fsp3) is 0.417. The number of carbonyl (C=O) groups excluding carboxylic acids is 1. The van der Waals surface area contributed by atoms with Crippen LogP contribution < -0.4 is 4.90 Å². The van der Waals surface area contributed by atoms with E-state index in [2.05, 4.69) is 9.88 Å². The molecule has 0 atom stereocenters. The van der Waals surface area contributed by atoms with Gasteiger partial charge in [0.1, 0.15) is 5.82 Å². The van der Waals surface area contributed by atoms with Crippen molar-refractivity contribution in [3.8, 4) is 0 Å². The molecular weight excluding hydrogens is 513 g/mol. The second-order valence-corrected chi connectivity index (χ2v) is 11.9. The van der Waals surface area contributed by atoms with Crippen molar-refractivity contribution in [1.82, 2.24) is 9.88 Å². The van der Waals surface area contributed by atoms with Crippen molar-refractivity contribution in [2.24, 2.45) is 0 Å². The summed E-state index contributed by atoms with van der Waals surface area (Å²) in [5.74, 6) is -1.22. The molecule has 0 saturated carbocycles. The van der Waals surface area contributed by atoms with E-state index in [1.807, 2.05) is 13.0 Å². The predicted molar refractivity (Wildman–Crippen MR) is 137 cm³/mol. The van der Waals surface area contributed by atoms with Gasteiger partial charge in [-0.3, -0.25) is 14.6 Å². The molecule has 3 aromatic rings. The number of anilines is 1. The first-order valence-electron chi connectivity index (χ1n) is 11.4. The molecule has 1 aliphatic rings. The van der Waals surface area contributed by atoms with Gasteiger partial charge in [-0.15, -0.1) is 0 Å². The van der Waals surface area contributed by atoms with E-state index in [4.69, 9.17) is 16.3 Å². The Morgan fingerprint density at radius 3 is 2.60 bits per heavy atom. The lowest BCUT2D eigenvalue weighted by Gasteiger charge is -2.27. The molecule has 0 radical (unpaired) electrons. The summed E-state index contributed by atoms with van der Waals surface area (Å²) < 4.78 is 44.8. The van der Waals surface area contributed by atoms with Crippen LogP contribution in [0.2, 0.25) is 5.02 Å². The van der Waals surface area contributed by atoms with Gasteiger partial charge in [-0.25, -0.2) is 17.8 Å². The van der Waals surface area contributed by atoms with Crippen LogP contribution in [0.15, 0.2) is 41.3 Å². The number of sulfone groups is 1. The van der Waals surface area contributed by atoms with Gasteiger partial charge in [-0.1, -0.05) is 29.0 Å². The van der Waals surface area contributed by atoms with E-state index in [0.717, 1.165) is 47.5 Å². The van der Waals surface area contributed by atoms with Crippen molar-refractivity contribution in [2.45, 2.75) is 24.7 Å². The summed E-state index contributed by atoms with van der Waals surface area (Å²) in [6.45, 7) is 6.22. The number of hydrogen-bond acceptors (Lipinski definition) is 7. The molecule has 1 amide bonds. The summed E-state index contributed by atoms with van der Waals surface area (Å²) in [5, 5.41) is 1.07. The van der Waals surface area contributed by atoms with Gasteiger partial charge in [0.25, 0.3) is 0 Å². The van der Waals surface area contributed by atoms with E-state index in [1.54, 1.807) is 11.0 Å². The lowest BCUT2D eigenvalue weighted by Crippen LogP contribution is -2.39. The topological polar surface area (TPSA) is 79.8 Å². The smallest absolute Gasteiger partial charge is 0.229 e. The van der Waals surface area contributed by atoms with Crippen LogP contribution in [0, 0.1) is 12.7 Å². The van der Waals surface area contributed by atoms with Crippen LogP contribution >= 0.6 is 22.9 Å². The van der Waals surface area contributed by atoms with Crippen molar-refractivity contribution in [2.75, 3.05) is 50.0 Å². The van der Waals surface area contributed by atoms with Crippen molar-refractivity contribution in [3.63, 3.8) is 0 Å². The zero-order chi connectivity index (χ0) is 25.0. The number of morpholine rings is 1. The number of benzene rings is 2. The molecule has 0 bridgehead atoms. The van der Waals surface area contributed by atoms with Crippen LogP contribution in [0.3, 0.4) is 0 Å². The van der Waals surface area contributed by atoms with E-state index >= 15 is 0 Å². The number of nitrogens with zero attached hydrogens (tertiary/aromatic N) is 3. The number of carbonyl (C=O) groups is 1. The second-order valence-electron chi connectivity index (χ2n) is 8.41. The largest absolute Gasteiger partial charge is 0.379 e. The zero-order valence-electron chi connectivity index (χ0n) is 19.4. The predicted octanol–water partition coefficient (Wildman–Crippen LogP) is 4.32. The van der Waals surface area contributed by atoms with Crippen molar-refractivity contribution in [1.29, 1.82) is 0 Å². The number of fused-ring (bicyclic) bond motifs is 1. The molecule has 0 N–H and O–H groups in total. The summed E-state index contributed by atoms with van der Waals surface area (Å²) in [6, 6.07) is 8.32. The fourth-order valence-electron chi connectivity index (χ4n) is 3.93. The number of rotatable bonds is 9. The molecule has 7 nitrogen and oxygen atoms in total. The highest BCUT2D eigenvalue weighted by Crippen LogP contribution is 2.36. The molecule has 1 fully saturated rings. The maximum absolute atomic E-state index is 13.3. The minimum absolute atomic E-state index is 0.00652. The molecule has 0 aliphatic carbocycles. The fourth-order valence-corrected chi connectivity index (χ4v) is 6.52. The molecule has 35 heavy (non-hydrogen) atoms. The Bertz CT molecular complexity index is 1250. The van der Waals surface area contributed by atoms with Gasteiger partial charge in [-0.05, 0) is 49.2 Å². The first-order chi connectivity index (χ1) is 16.7. The van der Waals surface area contributed by atoms with Gasteiger partial charge in [0, 0.05) is 32.6 Å². The van der Waals surface area contributed by atoms with Crippen molar-refractivity contribution in [3.05, 3.63) is 52.8 Å². The molecule has 4 rings (SSSR count). The zero-order valence-corrected chi connectivity index (χ0v) is 21.8. The maximum atomic E-state index is 13.3. The Morgan fingerprint density at radius 2 is 1.91 bits per heavy atom. The molecule has 1 aromatic heterocycles. The van der Waals surface area contributed by atoms with E-state index in [0.29, 0.717) is 36.3 Å². The Hall–Kier alpha value is -2.11. The Balaban J connectivity index is 1.52. The van der Waals surface area contributed by atoms with Crippen LogP contribution in [0.25, 0.3) is 10.2 Å². The van der Waals surface area contributed by atoms with Gasteiger partial charge in [-0.2, -0.15) is 0 Å². The molecule has 1 aliphatic heterocycles. The minimum Gasteiger partial charge on any atom is -0.379 e. The van der Waals surface area contributed by atoms with Crippen LogP contribution in [0.4, 0.5) is 9.52 Å². The third-order valence-electron chi connectivity index (χ3n) is 5.94. The molecule has 1 saturated heterocycles. The Kier molecular flexibility index (Phi) is 8.38. The highest BCUT2D eigenvalue weighted by atomic mass is 35.5. The van der Waals surface area contributed by atoms with Crippen molar-refractivity contribution >= 4 is 54.0 Å². The van der Waals surface area contributed by atoms with E-state index < -0.39 is 15.7 Å². The highest BCUT2D eigenvalue weighted by molar-refractivity contribution is 7.91. The lowest BCUT2D eigenvalue weighted by molar-refractivity contribution is -0.118. The highest BCUT2D eigenvalue weighted by Gasteiger charge is 2.24. The van der Waals surface area contributed by atoms with Gasteiger partial charge >= 0.3 is 0 Å². The average Bonchev–Trinajstić information content (AvgIpc) is 3.30. The molecule has 2 aromatic carbocycles. The van der Waals surface area contributed by atoms with Gasteiger partial charge in [0.05, 0.1) is 39.1 Å². The molecule has 2 heterocycles. The number of amides is 1. The van der Waals surface area contributed by atoms with Gasteiger partial charge < -0.3 is 4.74 Å².